The number of nitrogens with two attached hydrogens (primary N) is 1. The first-order valence-corrected chi connectivity index (χ1v) is 5.86. The van der Waals surface area contributed by atoms with Gasteiger partial charge in [0.15, 0.2) is 0 Å². The van der Waals surface area contributed by atoms with Crippen LogP contribution in [-0.4, -0.2) is 41.7 Å². The Morgan fingerprint density at radius 2 is 1.93 bits per heavy atom. The SMILES string of the molecule is NC(=O)C(O)C1CCN(CC2CC2)CC1. The number of carbonyl (C=O) groups is 1. The Hall–Kier alpha value is -0.610. The highest BCUT2D eigenvalue weighted by Gasteiger charge is 2.31. The van der Waals surface area contributed by atoms with Crippen molar-refractivity contribution in [2.75, 3.05) is 19.6 Å². The van der Waals surface area contributed by atoms with Gasteiger partial charge >= 0.3 is 0 Å². The van der Waals surface area contributed by atoms with Gasteiger partial charge in [0.25, 0.3) is 0 Å². The monoisotopic (exact) mass is 212 g/mol. The summed E-state index contributed by atoms with van der Waals surface area (Å²) >= 11 is 0. The van der Waals surface area contributed by atoms with Crippen molar-refractivity contribution in [3.63, 3.8) is 0 Å². The van der Waals surface area contributed by atoms with Crippen molar-refractivity contribution in [2.45, 2.75) is 31.8 Å². The summed E-state index contributed by atoms with van der Waals surface area (Å²) in [5.41, 5.74) is 5.09. The van der Waals surface area contributed by atoms with Crippen LogP contribution in [0.4, 0.5) is 0 Å². The Kier molecular flexibility index (Phi) is 3.26. The molecule has 0 bridgehead atoms. The molecule has 1 saturated carbocycles. The van der Waals surface area contributed by atoms with Gasteiger partial charge in [0.2, 0.25) is 5.91 Å². The second kappa shape index (κ2) is 4.49. The van der Waals surface area contributed by atoms with Gasteiger partial charge < -0.3 is 15.7 Å². The molecule has 1 saturated heterocycles. The zero-order valence-corrected chi connectivity index (χ0v) is 9.06. The number of carbonyl (C=O) groups excluding carboxylic acids is 1. The molecule has 2 rings (SSSR count). The van der Waals surface area contributed by atoms with Crippen LogP contribution in [0.2, 0.25) is 0 Å². The molecule has 15 heavy (non-hydrogen) atoms. The highest BCUT2D eigenvalue weighted by Crippen LogP contribution is 2.31. The van der Waals surface area contributed by atoms with E-state index in [1.807, 2.05) is 0 Å². The summed E-state index contributed by atoms with van der Waals surface area (Å²) in [5.74, 6) is 0.427. The van der Waals surface area contributed by atoms with Gasteiger partial charge in [-0.15, -0.1) is 0 Å². The smallest absolute Gasteiger partial charge is 0.246 e. The molecule has 0 aromatic rings. The Bertz CT molecular complexity index is 233. The van der Waals surface area contributed by atoms with Gasteiger partial charge in [0, 0.05) is 6.54 Å². The number of rotatable bonds is 4. The lowest BCUT2D eigenvalue weighted by atomic mass is 9.91. The van der Waals surface area contributed by atoms with Crippen LogP contribution < -0.4 is 5.73 Å². The predicted octanol–water partition coefficient (Wildman–Crippen LogP) is -0.0454. The quantitative estimate of drug-likeness (QED) is 0.687. The Labute approximate surface area is 90.4 Å². The highest BCUT2D eigenvalue weighted by molar-refractivity contribution is 5.78. The maximum atomic E-state index is 10.8. The van der Waals surface area contributed by atoms with Gasteiger partial charge in [-0.1, -0.05) is 0 Å². The van der Waals surface area contributed by atoms with Gasteiger partial charge in [0.1, 0.15) is 6.10 Å². The third-order valence-corrected chi connectivity index (χ3v) is 3.58. The number of aliphatic hydroxyl groups is 1. The minimum absolute atomic E-state index is 0.0814. The molecule has 2 aliphatic rings. The summed E-state index contributed by atoms with van der Waals surface area (Å²) in [5, 5.41) is 9.54. The maximum Gasteiger partial charge on any atom is 0.246 e. The van der Waals surface area contributed by atoms with E-state index >= 15 is 0 Å². The van der Waals surface area contributed by atoms with Gasteiger partial charge in [-0.3, -0.25) is 4.79 Å². The highest BCUT2D eigenvalue weighted by atomic mass is 16.3. The molecule has 0 aromatic carbocycles. The molecule has 0 radical (unpaired) electrons. The molecule has 1 heterocycles. The molecule has 2 fully saturated rings. The summed E-state index contributed by atoms with van der Waals surface area (Å²) in [7, 11) is 0. The van der Waals surface area contributed by atoms with E-state index in [0.29, 0.717) is 0 Å². The summed E-state index contributed by atoms with van der Waals surface area (Å²) in [6.07, 6.45) is 3.62. The average Bonchev–Trinajstić information content (AvgIpc) is 3.02. The van der Waals surface area contributed by atoms with Crippen molar-refractivity contribution >= 4 is 5.91 Å². The summed E-state index contributed by atoms with van der Waals surface area (Å²) in [4.78, 5) is 13.3. The van der Waals surface area contributed by atoms with Crippen molar-refractivity contribution in [3.8, 4) is 0 Å². The van der Waals surface area contributed by atoms with Crippen molar-refractivity contribution in [1.29, 1.82) is 0 Å². The predicted molar refractivity (Wildman–Crippen MR) is 57.1 cm³/mol. The maximum absolute atomic E-state index is 10.8. The third kappa shape index (κ3) is 2.92. The molecule has 4 nitrogen and oxygen atoms in total. The molecule has 0 spiro atoms. The molecule has 1 unspecified atom stereocenters. The fraction of sp³-hybridized carbons (Fsp3) is 0.909. The average molecular weight is 212 g/mol. The molecule has 1 aliphatic carbocycles. The van der Waals surface area contributed by atoms with Crippen LogP contribution in [0.3, 0.4) is 0 Å². The van der Waals surface area contributed by atoms with Crippen LogP contribution in [0.1, 0.15) is 25.7 Å². The molecule has 1 aliphatic heterocycles. The zero-order valence-electron chi connectivity index (χ0n) is 9.06. The fourth-order valence-electron chi connectivity index (χ4n) is 2.35. The minimum Gasteiger partial charge on any atom is -0.383 e. The number of amides is 1. The number of hydrogen-bond acceptors (Lipinski definition) is 3. The normalized spacial score (nSPS) is 26.5. The molecule has 1 amide bonds. The zero-order chi connectivity index (χ0) is 10.8. The summed E-state index contributed by atoms with van der Waals surface area (Å²) in [6, 6.07) is 0. The fourth-order valence-corrected chi connectivity index (χ4v) is 2.35. The van der Waals surface area contributed by atoms with E-state index in [1.165, 1.54) is 19.4 Å². The van der Waals surface area contributed by atoms with Gasteiger partial charge in [-0.25, -0.2) is 0 Å². The second-order valence-corrected chi connectivity index (χ2v) is 4.93. The summed E-state index contributed by atoms with van der Waals surface area (Å²) < 4.78 is 0. The van der Waals surface area contributed by atoms with Crippen LogP contribution >= 0.6 is 0 Å². The number of piperidine rings is 1. The van der Waals surface area contributed by atoms with Crippen LogP contribution in [0.15, 0.2) is 0 Å². The third-order valence-electron chi connectivity index (χ3n) is 3.58. The van der Waals surface area contributed by atoms with E-state index in [0.717, 1.165) is 31.8 Å². The van der Waals surface area contributed by atoms with Crippen molar-refractivity contribution in [2.24, 2.45) is 17.6 Å². The first-order valence-electron chi connectivity index (χ1n) is 5.86. The van der Waals surface area contributed by atoms with E-state index in [2.05, 4.69) is 4.90 Å². The molecule has 0 aromatic heterocycles. The topological polar surface area (TPSA) is 66.6 Å². The van der Waals surface area contributed by atoms with Gasteiger partial charge in [-0.2, -0.15) is 0 Å². The lowest BCUT2D eigenvalue weighted by Crippen LogP contribution is -2.43. The van der Waals surface area contributed by atoms with Crippen molar-refractivity contribution in [3.05, 3.63) is 0 Å². The Morgan fingerprint density at radius 3 is 2.40 bits per heavy atom. The van der Waals surface area contributed by atoms with Gasteiger partial charge in [-0.05, 0) is 50.6 Å². The number of primary amides is 1. The summed E-state index contributed by atoms with van der Waals surface area (Å²) in [6.45, 7) is 3.22. The van der Waals surface area contributed by atoms with Crippen molar-refractivity contribution < 1.29 is 9.90 Å². The molecule has 86 valence electrons. The number of nitrogens with zero attached hydrogens (tertiary/aromatic N) is 1. The lowest BCUT2D eigenvalue weighted by Gasteiger charge is -2.33. The molecule has 3 N–H and O–H groups in total. The lowest BCUT2D eigenvalue weighted by molar-refractivity contribution is -0.129. The number of likely N-dealkylation sites (tertiary alicyclic amines) is 1. The molecule has 1 atom stereocenters. The largest absolute Gasteiger partial charge is 0.383 e. The second-order valence-electron chi connectivity index (χ2n) is 4.93. The standard InChI is InChI=1S/C11H20N2O2/c12-11(15)10(14)9-3-5-13(6-4-9)7-8-1-2-8/h8-10,14H,1-7H2,(H2,12,15). The first kappa shape index (κ1) is 10.9. The van der Waals surface area contributed by atoms with E-state index < -0.39 is 12.0 Å². The van der Waals surface area contributed by atoms with E-state index in [4.69, 9.17) is 5.73 Å². The molecular formula is C11H20N2O2. The van der Waals surface area contributed by atoms with Crippen LogP contribution in [0.25, 0.3) is 0 Å². The van der Waals surface area contributed by atoms with E-state index in [9.17, 15) is 9.90 Å². The van der Waals surface area contributed by atoms with Gasteiger partial charge in [0.05, 0.1) is 0 Å². The van der Waals surface area contributed by atoms with Crippen LogP contribution in [0, 0.1) is 11.8 Å². The van der Waals surface area contributed by atoms with Crippen molar-refractivity contribution in [1.82, 2.24) is 4.90 Å². The number of hydrogen-bond donors (Lipinski definition) is 2. The van der Waals surface area contributed by atoms with Crippen LogP contribution in [0.5, 0.6) is 0 Å². The van der Waals surface area contributed by atoms with Crippen LogP contribution in [-0.2, 0) is 4.79 Å². The first-order chi connectivity index (χ1) is 7.16. The minimum atomic E-state index is -0.937. The molecule has 4 heteroatoms. The Balaban J connectivity index is 1.73. The molecular weight excluding hydrogens is 192 g/mol. The number of aliphatic hydroxyl groups excluding tert-OH is 1. The van der Waals surface area contributed by atoms with E-state index in [-0.39, 0.29) is 5.92 Å². The van der Waals surface area contributed by atoms with E-state index in [1.54, 1.807) is 0 Å². The Morgan fingerprint density at radius 1 is 1.33 bits per heavy atom.